The van der Waals surface area contributed by atoms with Crippen LogP contribution in [0.15, 0.2) is 42.5 Å². The number of anilines is 2. The van der Waals surface area contributed by atoms with Crippen LogP contribution in [-0.2, 0) is 10.0 Å². The summed E-state index contributed by atoms with van der Waals surface area (Å²) in [5.74, 6) is -0.339. The van der Waals surface area contributed by atoms with E-state index in [4.69, 9.17) is 0 Å². The molecule has 0 bridgehead atoms. The molecule has 0 spiro atoms. The first-order chi connectivity index (χ1) is 12.8. The molecule has 27 heavy (non-hydrogen) atoms. The summed E-state index contributed by atoms with van der Waals surface area (Å²) in [5.41, 5.74) is 1.56. The van der Waals surface area contributed by atoms with Gasteiger partial charge in [-0.2, -0.15) is 0 Å². The fraction of sp³-hybridized carbons (Fsp3) is 0.278. The van der Waals surface area contributed by atoms with Crippen molar-refractivity contribution in [3.63, 3.8) is 0 Å². The monoisotopic (exact) mass is 389 g/mol. The maximum atomic E-state index is 12.3. The standard InChI is InChI=1S/C18H19N3O5S/c1-13-4-5-14(12-17(13)21(23)24)18(22)19-15-6-8-16(9-7-15)20-10-2-3-11-27(20,25)26/h4-9,12H,2-3,10-11H2,1H3,(H,19,22). The van der Waals surface area contributed by atoms with Crippen LogP contribution in [0, 0.1) is 17.0 Å². The van der Waals surface area contributed by atoms with E-state index < -0.39 is 20.9 Å². The molecule has 1 fully saturated rings. The van der Waals surface area contributed by atoms with Gasteiger partial charge in [0.25, 0.3) is 11.6 Å². The largest absolute Gasteiger partial charge is 0.322 e. The van der Waals surface area contributed by atoms with Crippen molar-refractivity contribution >= 4 is 33.0 Å². The Morgan fingerprint density at radius 1 is 1.15 bits per heavy atom. The first-order valence-corrected chi connectivity index (χ1v) is 10.1. The second kappa shape index (κ2) is 7.36. The van der Waals surface area contributed by atoms with Gasteiger partial charge in [0, 0.05) is 29.4 Å². The number of hydrogen-bond donors (Lipinski definition) is 1. The van der Waals surface area contributed by atoms with Crippen molar-refractivity contribution in [1.29, 1.82) is 0 Å². The van der Waals surface area contributed by atoms with E-state index in [0.29, 0.717) is 29.9 Å². The lowest BCUT2D eigenvalue weighted by molar-refractivity contribution is -0.385. The lowest BCUT2D eigenvalue weighted by Gasteiger charge is -2.28. The number of rotatable bonds is 4. The van der Waals surface area contributed by atoms with Gasteiger partial charge in [0.05, 0.1) is 16.4 Å². The molecule has 2 aromatic rings. The normalized spacial score (nSPS) is 16.0. The van der Waals surface area contributed by atoms with Gasteiger partial charge in [-0.15, -0.1) is 0 Å². The van der Waals surface area contributed by atoms with Crippen molar-refractivity contribution in [1.82, 2.24) is 0 Å². The van der Waals surface area contributed by atoms with E-state index in [0.717, 1.165) is 6.42 Å². The fourth-order valence-electron chi connectivity index (χ4n) is 2.94. The number of nitro benzene ring substituents is 1. The van der Waals surface area contributed by atoms with Gasteiger partial charge in [0.1, 0.15) is 0 Å². The predicted molar refractivity (Wildman–Crippen MR) is 103 cm³/mol. The minimum absolute atomic E-state index is 0.117. The predicted octanol–water partition coefficient (Wildman–Crippen LogP) is 3.09. The number of amides is 1. The first kappa shape index (κ1) is 18.8. The Morgan fingerprint density at radius 3 is 2.48 bits per heavy atom. The quantitative estimate of drug-likeness (QED) is 0.638. The van der Waals surface area contributed by atoms with Crippen molar-refractivity contribution < 1.29 is 18.1 Å². The first-order valence-electron chi connectivity index (χ1n) is 8.45. The highest BCUT2D eigenvalue weighted by Crippen LogP contribution is 2.25. The minimum atomic E-state index is -3.29. The van der Waals surface area contributed by atoms with E-state index in [1.807, 2.05) is 0 Å². The molecule has 1 saturated heterocycles. The summed E-state index contributed by atoms with van der Waals surface area (Å²) in [7, 11) is -3.29. The van der Waals surface area contributed by atoms with Gasteiger partial charge in [-0.25, -0.2) is 8.42 Å². The molecule has 2 aromatic carbocycles. The Kier molecular flexibility index (Phi) is 5.13. The van der Waals surface area contributed by atoms with Gasteiger partial charge in [0.2, 0.25) is 10.0 Å². The molecule has 1 aliphatic rings. The van der Waals surface area contributed by atoms with Crippen LogP contribution in [0.2, 0.25) is 0 Å². The number of nitro groups is 1. The van der Waals surface area contributed by atoms with Crippen molar-refractivity contribution in [2.24, 2.45) is 0 Å². The Labute approximate surface area is 157 Å². The van der Waals surface area contributed by atoms with Crippen LogP contribution in [0.1, 0.15) is 28.8 Å². The second-order valence-electron chi connectivity index (χ2n) is 6.35. The number of carbonyl (C=O) groups excluding carboxylic acids is 1. The number of hydrogen-bond acceptors (Lipinski definition) is 5. The van der Waals surface area contributed by atoms with E-state index in [1.54, 1.807) is 31.2 Å². The third kappa shape index (κ3) is 4.08. The van der Waals surface area contributed by atoms with E-state index in [2.05, 4.69) is 5.32 Å². The number of nitrogens with one attached hydrogen (secondary N) is 1. The van der Waals surface area contributed by atoms with Crippen molar-refractivity contribution in [2.75, 3.05) is 21.9 Å². The summed E-state index contributed by atoms with van der Waals surface area (Å²) in [6, 6.07) is 10.8. The number of aryl methyl sites for hydroxylation is 1. The molecular formula is C18H19N3O5S. The van der Waals surface area contributed by atoms with E-state index in [1.165, 1.54) is 22.5 Å². The zero-order valence-corrected chi connectivity index (χ0v) is 15.5. The Morgan fingerprint density at radius 2 is 1.85 bits per heavy atom. The van der Waals surface area contributed by atoms with Crippen LogP contribution < -0.4 is 9.62 Å². The van der Waals surface area contributed by atoms with Gasteiger partial charge in [0.15, 0.2) is 0 Å². The average molecular weight is 389 g/mol. The molecule has 0 aromatic heterocycles. The highest BCUT2D eigenvalue weighted by atomic mass is 32.2. The highest BCUT2D eigenvalue weighted by Gasteiger charge is 2.25. The number of carbonyl (C=O) groups is 1. The SMILES string of the molecule is Cc1ccc(C(=O)Nc2ccc(N3CCCCS3(=O)=O)cc2)cc1[N+](=O)[O-]. The molecule has 1 aliphatic heterocycles. The molecule has 1 heterocycles. The lowest BCUT2D eigenvalue weighted by atomic mass is 10.1. The zero-order chi connectivity index (χ0) is 19.6. The second-order valence-corrected chi connectivity index (χ2v) is 8.37. The highest BCUT2D eigenvalue weighted by molar-refractivity contribution is 7.92. The van der Waals surface area contributed by atoms with Gasteiger partial charge in [-0.3, -0.25) is 19.2 Å². The molecule has 1 N–H and O–H groups in total. The van der Waals surface area contributed by atoms with E-state index in [9.17, 15) is 23.3 Å². The molecule has 0 aliphatic carbocycles. The van der Waals surface area contributed by atoms with Gasteiger partial charge < -0.3 is 5.32 Å². The minimum Gasteiger partial charge on any atom is -0.322 e. The molecule has 8 nitrogen and oxygen atoms in total. The molecular weight excluding hydrogens is 370 g/mol. The van der Waals surface area contributed by atoms with Gasteiger partial charge >= 0.3 is 0 Å². The van der Waals surface area contributed by atoms with Crippen molar-refractivity contribution in [3.8, 4) is 0 Å². The fourth-order valence-corrected chi connectivity index (χ4v) is 4.58. The van der Waals surface area contributed by atoms with E-state index >= 15 is 0 Å². The van der Waals surface area contributed by atoms with Crippen LogP contribution in [-0.4, -0.2) is 31.5 Å². The zero-order valence-electron chi connectivity index (χ0n) is 14.7. The van der Waals surface area contributed by atoms with Crippen LogP contribution in [0.4, 0.5) is 17.1 Å². The molecule has 0 atom stereocenters. The summed E-state index contributed by atoms with van der Waals surface area (Å²) in [6.45, 7) is 2.05. The average Bonchev–Trinajstić information content (AvgIpc) is 2.62. The summed E-state index contributed by atoms with van der Waals surface area (Å²) >= 11 is 0. The summed E-state index contributed by atoms with van der Waals surface area (Å²) in [4.78, 5) is 22.8. The van der Waals surface area contributed by atoms with Crippen LogP contribution in [0.3, 0.4) is 0 Å². The summed E-state index contributed by atoms with van der Waals surface area (Å²) in [5, 5.41) is 13.7. The molecule has 1 amide bonds. The topological polar surface area (TPSA) is 110 Å². The van der Waals surface area contributed by atoms with Gasteiger partial charge in [-0.1, -0.05) is 6.07 Å². The van der Waals surface area contributed by atoms with Gasteiger partial charge in [-0.05, 0) is 50.1 Å². The molecule has 0 saturated carbocycles. The summed E-state index contributed by atoms with van der Waals surface area (Å²) in [6.07, 6.45) is 1.47. The molecule has 0 unspecified atom stereocenters. The Bertz CT molecular complexity index is 987. The maximum absolute atomic E-state index is 12.3. The van der Waals surface area contributed by atoms with Crippen molar-refractivity contribution in [2.45, 2.75) is 19.8 Å². The Balaban J connectivity index is 1.76. The van der Waals surface area contributed by atoms with Crippen LogP contribution >= 0.6 is 0 Å². The maximum Gasteiger partial charge on any atom is 0.273 e. The molecule has 9 heteroatoms. The summed E-state index contributed by atoms with van der Waals surface area (Å²) < 4.78 is 25.7. The van der Waals surface area contributed by atoms with Crippen LogP contribution in [0.25, 0.3) is 0 Å². The Hall–Kier alpha value is -2.94. The molecule has 142 valence electrons. The lowest BCUT2D eigenvalue weighted by Crippen LogP contribution is -2.37. The van der Waals surface area contributed by atoms with Crippen LogP contribution in [0.5, 0.6) is 0 Å². The van der Waals surface area contributed by atoms with Crippen molar-refractivity contribution in [3.05, 3.63) is 63.7 Å². The number of benzene rings is 2. The number of sulfonamides is 1. The van der Waals surface area contributed by atoms with E-state index in [-0.39, 0.29) is 17.0 Å². The third-order valence-electron chi connectivity index (χ3n) is 4.43. The molecule has 0 radical (unpaired) electrons. The molecule has 3 rings (SSSR count). The smallest absolute Gasteiger partial charge is 0.273 e. The number of nitrogens with zero attached hydrogens (tertiary/aromatic N) is 2. The third-order valence-corrected chi connectivity index (χ3v) is 6.30.